The molecule has 118 valence electrons. The van der Waals surface area contributed by atoms with Crippen molar-refractivity contribution in [3.05, 3.63) is 29.6 Å². The van der Waals surface area contributed by atoms with Gasteiger partial charge in [-0.25, -0.2) is 4.39 Å². The molecule has 1 aliphatic rings. The molecule has 2 N–H and O–H groups in total. The first-order valence-corrected chi connectivity index (χ1v) is 7.92. The molecule has 1 atom stereocenters. The Balaban J connectivity index is 2.07. The highest BCUT2D eigenvalue weighted by Gasteiger charge is 2.33. The van der Waals surface area contributed by atoms with Gasteiger partial charge in [0.05, 0.1) is 7.11 Å². The lowest BCUT2D eigenvalue weighted by Crippen LogP contribution is -2.31. The summed E-state index contributed by atoms with van der Waals surface area (Å²) in [5, 5.41) is 0. The minimum absolute atomic E-state index is 0.235. The molecule has 1 unspecified atom stereocenters. The van der Waals surface area contributed by atoms with Crippen molar-refractivity contribution in [2.45, 2.75) is 52.5 Å². The topological polar surface area (TPSA) is 35.2 Å². The van der Waals surface area contributed by atoms with Gasteiger partial charge in [0.1, 0.15) is 0 Å². The zero-order valence-corrected chi connectivity index (χ0v) is 13.7. The van der Waals surface area contributed by atoms with Crippen molar-refractivity contribution >= 4 is 0 Å². The minimum Gasteiger partial charge on any atom is -0.494 e. The van der Waals surface area contributed by atoms with Crippen LogP contribution in [0.1, 0.15) is 58.1 Å². The summed E-state index contributed by atoms with van der Waals surface area (Å²) in [4.78, 5) is 0. The molecular weight excluding hydrogens is 265 g/mol. The molecule has 0 saturated heterocycles. The second-order valence-corrected chi connectivity index (χ2v) is 7.37. The van der Waals surface area contributed by atoms with E-state index in [9.17, 15) is 4.39 Å². The van der Waals surface area contributed by atoms with Crippen LogP contribution in [0.2, 0.25) is 0 Å². The molecule has 0 amide bonds. The lowest BCUT2D eigenvalue weighted by molar-refractivity contribution is 0.139. The maximum Gasteiger partial charge on any atom is 0.169 e. The summed E-state index contributed by atoms with van der Waals surface area (Å²) in [6.07, 6.45) is 4.54. The molecule has 1 fully saturated rings. The van der Waals surface area contributed by atoms with E-state index in [4.69, 9.17) is 10.5 Å². The molecular formula is C18H28FNO. The zero-order chi connectivity index (χ0) is 15.6. The zero-order valence-electron chi connectivity index (χ0n) is 13.7. The lowest BCUT2D eigenvalue weighted by atomic mass is 9.68. The standard InChI is InChI=1S/C18H28FNO/c1-18(2,3)13-10-8-12(9-11-13)17(20)14-6-5-7-15(21-4)16(14)19/h5-7,12-13,17H,8-11,20H2,1-4H3. The number of ether oxygens (including phenoxy) is 1. The Kier molecular flexibility index (Phi) is 4.92. The van der Waals surface area contributed by atoms with Crippen molar-refractivity contribution in [3.8, 4) is 5.75 Å². The van der Waals surface area contributed by atoms with Crippen LogP contribution < -0.4 is 10.5 Å². The molecule has 0 bridgehead atoms. The van der Waals surface area contributed by atoms with Gasteiger partial charge in [0, 0.05) is 11.6 Å². The van der Waals surface area contributed by atoms with Gasteiger partial charge in [-0.3, -0.25) is 0 Å². The highest BCUT2D eigenvalue weighted by Crippen LogP contribution is 2.43. The summed E-state index contributed by atoms with van der Waals surface area (Å²) >= 11 is 0. The fourth-order valence-corrected chi connectivity index (χ4v) is 3.54. The van der Waals surface area contributed by atoms with Crippen LogP contribution in [0.5, 0.6) is 5.75 Å². The Morgan fingerprint density at radius 3 is 2.33 bits per heavy atom. The predicted molar refractivity (Wildman–Crippen MR) is 84.8 cm³/mol. The van der Waals surface area contributed by atoms with E-state index < -0.39 is 0 Å². The maximum absolute atomic E-state index is 14.3. The van der Waals surface area contributed by atoms with E-state index in [0.717, 1.165) is 18.8 Å². The summed E-state index contributed by atoms with van der Waals surface area (Å²) < 4.78 is 19.4. The Morgan fingerprint density at radius 2 is 1.81 bits per heavy atom. The van der Waals surface area contributed by atoms with Crippen LogP contribution in [0.15, 0.2) is 18.2 Å². The van der Waals surface area contributed by atoms with Gasteiger partial charge in [0.15, 0.2) is 11.6 Å². The molecule has 0 radical (unpaired) electrons. The Bertz CT molecular complexity index is 473. The molecule has 0 heterocycles. The SMILES string of the molecule is COc1cccc(C(N)C2CCC(C(C)(C)C)CC2)c1F. The van der Waals surface area contributed by atoms with Crippen LogP contribution in [0.3, 0.4) is 0 Å². The fourth-order valence-electron chi connectivity index (χ4n) is 3.54. The molecule has 3 heteroatoms. The van der Waals surface area contributed by atoms with Crippen molar-refractivity contribution in [3.63, 3.8) is 0 Å². The fraction of sp³-hybridized carbons (Fsp3) is 0.667. The Hall–Kier alpha value is -1.09. The summed E-state index contributed by atoms with van der Waals surface area (Å²) in [6, 6.07) is 5.01. The largest absolute Gasteiger partial charge is 0.494 e. The van der Waals surface area contributed by atoms with Gasteiger partial charge in [-0.1, -0.05) is 32.9 Å². The maximum atomic E-state index is 14.3. The molecule has 0 aliphatic heterocycles. The average Bonchev–Trinajstić information content (AvgIpc) is 2.46. The molecule has 1 aromatic carbocycles. The molecule has 2 rings (SSSR count). The predicted octanol–water partition coefficient (Wildman–Crippen LogP) is 4.69. The van der Waals surface area contributed by atoms with E-state index in [1.807, 2.05) is 6.07 Å². The van der Waals surface area contributed by atoms with Gasteiger partial charge in [0.25, 0.3) is 0 Å². The summed E-state index contributed by atoms with van der Waals surface area (Å²) in [7, 11) is 1.49. The van der Waals surface area contributed by atoms with Crippen molar-refractivity contribution < 1.29 is 9.13 Å². The summed E-state index contributed by atoms with van der Waals surface area (Å²) in [6.45, 7) is 6.92. The first-order chi connectivity index (χ1) is 9.84. The quantitative estimate of drug-likeness (QED) is 0.877. The van der Waals surface area contributed by atoms with E-state index in [1.54, 1.807) is 12.1 Å². The van der Waals surface area contributed by atoms with Crippen LogP contribution in [-0.4, -0.2) is 7.11 Å². The first kappa shape index (κ1) is 16.3. The molecule has 0 spiro atoms. The molecule has 1 aliphatic carbocycles. The highest BCUT2D eigenvalue weighted by atomic mass is 19.1. The molecule has 2 nitrogen and oxygen atoms in total. The average molecular weight is 293 g/mol. The van der Waals surface area contributed by atoms with Gasteiger partial charge in [0.2, 0.25) is 0 Å². The smallest absolute Gasteiger partial charge is 0.169 e. The molecule has 1 saturated carbocycles. The van der Waals surface area contributed by atoms with E-state index >= 15 is 0 Å². The number of hydrogen-bond donors (Lipinski definition) is 1. The third-order valence-corrected chi connectivity index (χ3v) is 5.08. The number of halogens is 1. The second kappa shape index (κ2) is 6.35. The second-order valence-electron chi connectivity index (χ2n) is 7.37. The number of benzene rings is 1. The van der Waals surface area contributed by atoms with E-state index in [-0.39, 0.29) is 17.6 Å². The van der Waals surface area contributed by atoms with Crippen LogP contribution in [0, 0.1) is 23.1 Å². The third-order valence-electron chi connectivity index (χ3n) is 5.08. The van der Waals surface area contributed by atoms with Crippen molar-refractivity contribution in [2.75, 3.05) is 7.11 Å². The van der Waals surface area contributed by atoms with Crippen LogP contribution in [-0.2, 0) is 0 Å². The lowest BCUT2D eigenvalue weighted by Gasteiger charge is -2.38. The number of nitrogens with two attached hydrogens (primary N) is 1. The van der Waals surface area contributed by atoms with Crippen LogP contribution in [0.25, 0.3) is 0 Å². The minimum atomic E-state index is -0.301. The van der Waals surface area contributed by atoms with Gasteiger partial charge >= 0.3 is 0 Å². The summed E-state index contributed by atoms with van der Waals surface area (Å²) in [5.41, 5.74) is 7.30. The van der Waals surface area contributed by atoms with Gasteiger partial charge in [-0.2, -0.15) is 0 Å². The highest BCUT2D eigenvalue weighted by molar-refractivity contribution is 5.33. The van der Waals surface area contributed by atoms with Crippen molar-refractivity contribution in [2.24, 2.45) is 23.0 Å². The first-order valence-electron chi connectivity index (χ1n) is 7.92. The van der Waals surface area contributed by atoms with E-state index in [1.165, 1.54) is 20.0 Å². The number of methoxy groups -OCH3 is 1. The van der Waals surface area contributed by atoms with E-state index in [2.05, 4.69) is 20.8 Å². The van der Waals surface area contributed by atoms with E-state index in [0.29, 0.717) is 16.9 Å². The van der Waals surface area contributed by atoms with Crippen LogP contribution in [0.4, 0.5) is 4.39 Å². The van der Waals surface area contributed by atoms with Crippen LogP contribution >= 0.6 is 0 Å². The van der Waals surface area contributed by atoms with Gasteiger partial charge < -0.3 is 10.5 Å². The normalized spacial score (nSPS) is 24.7. The molecule has 0 aromatic heterocycles. The van der Waals surface area contributed by atoms with Gasteiger partial charge in [-0.15, -0.1) is 0 Å². The van der Waals surface area contributed by atoms with Gasteiger partial charge in [-0.05, 0) is 49.0 Å². The Labute approximate surface area is 127 Å². The summed E-state index contributed by atoms with van der Waals surface area (Å²) in [5.74, 6) is 1.10. The Morgan fingerprint density at radius 1 is 1.19 bits per heavy atom. The molecule has 21 heavy (non-hydrogen) atoms. The van der Waals surface area contributed by atoms with Crippen molar-refractivity contribution in [1.82, 2.24) is 0 Å². The monoisotopic (exact) mass is 293 g/mol. The third kappa shape index (κ3) is 3.57. The number of hydrogen-bond acceptors (Lipinski definition) is 2. The van der Waals surface area contributed by atoms with Crippen molar-refractivity contribution in [1.29, 1.82) is 0 Å². The molecule has 1 aromatic rings. The number of rotatable bonds is 3.